The summed E-state index contributed by atoms with van der Waals surface area (Å²) in [6.45, 7) is 6.19. The van der Waals surface area contributed by atoms with Crippen LogP contribution < -0.4 is 25.0 Å². The first-order valence-electron chi connectivity index (χ1n) is 14.5. The van der Waals surface area contributed by atoms with E-state index in [0.29, 0.717) is 24.8 Å². The zero-order valence-corrected chi connectivity index (χ0v) is 26.8. The van der Waals surface area contributed by atoms with Crippen LogP contribution in [0, 0.1) is 5.41 Å². The second kappa shape index (κ2) is 13.7. The number of hydrogen-bond acceptors (Lipinski definition) is 10. The second-order valence-electron chi connectivity index (χ2n) is 12.0. The number of hydrogen-bond donors (Lipinski definition) is 5. The van der Waals surface area contributed by atoms with E-state index in [9.17, 15) is 33.0 Å². The monoisotopic (exact) mass is 654 g/mol. The first kappa shape index (κ1) is 34.1. The van der Waals surface area contributed by atoms with E-state index in [4.69, 9.17) is 4.74 Å². The van der Waals surface area contributed by atoms with Gasteiger partial charge < -0.3 is 30.5 Å². The van der Waals surface area contributed by atoms with Gasteiger partial charge in [-0.05, 0) is 61.4 Å². The number of aromatic carboxylic acids is 1. The van der Waals surface area contributed by atoms with Crippen LogP contribution in [-0.2, 0) is 14.8 Å². The minimum absolute atomic E-state index is 0.125. The molecule has 0 radical (unpaired) electrons. The maximum Gasteiger partial charge on any atom is 0.335 e. The first-order valence-corrected chi connectivity index (χ1v) is 16.0. The van der Waals surface area contributed by atoms with E-state index in [1.165, 1.54) is 13.2 Å². The Balaban J connectivity index is 1.56. The summed E-state index contributed by atoms with van der Waals surface area (Å²) in [5.41, 5.74) is -2.37. The highest BCUT2D eigenvalue weighted by Gasteiger charge is 2.48. The number of ether oxygens (including phenoxy) is 1. The maximum atomic E-state index is 13.7. The molecule has 15 heteroatoms. The molecule has 1 aromatic heterocycles. The Morgan fingerprint density at radius 2 is 1.59 bits per heavy atom. The Morgan fingerprint density at radius 3 is 2.13 bits per heavy atom. The number of methoxy groups -OCH3 is 1. The van der Waals surface area contributed by atoms with Crippen LogP contribution in [0.2, 0.25) is 0 Å². The zero-order chi connectivity index (χ0) is 33.7. The highest BCUT2D eigenvalue weighted by atomic mass is 32.2. The number of nitrogens with zero attached hydrogens (tertiary/aromatic N) is 3. The molecule has 46 heavy (non-hydrogen) atoms. The van der Waals surface area contributed by atoms with Crippen molar-refractivity contribution in [1.82, 2.24) is 20.0 Å². The number of piperidine rings is 1. The standard InChI is InChI=1S/C31H38N6O8S/c1-30(2,3)31(19-26(38)39,36-46(43,44)23-9-6-20(7-10-23)28(41)42)35-27(40)21-8-11-24(25(18-21)45-4)37-16-12-22(13-17-37)34-29-32-14-5-15-33-29/h5-11,14-15,18,22,36H,12-13,16-17,19H2,1-4H3,(H,35,40)(H,38,39)(H,41,42)(H,32,33,34). The van der Waals surface area contributed by atoms with Crippen LogP contribution in [0.15, 0.2) is 65.8 Å². The molecule has 1 aliphatic rings. The molecule has 1 atom stereocenters. The van der Waals surface area contributed by atoms with Crippen molar-refractivity contribution in [3.05, 3.63) is 72.1 Å². The summed E-state index contributed by atoms with van der Waals surface area (Å²) in [6.07, 6.45) is 4.19. The van der Waals surface area contributed by atoms with Crippen LogP contribution >= 0.6 is 0 Å². The van der Waals surface area contributed by atoms with Crippen LogP contribution in [0.25, 0.3) is 0 Å². The lowest BCUT2D eigenvalue weighted by molar-refractivity contribution is -0.140. The van der Waals surface area contributed by atoms with E-state index in [2.05, 4.69) is 30.2 Å². The topological polar surface area (TPSA) is 200 Å². The number of rotatable bonds is 12. The van der Waals surface area contributed by atoms with E-state index in [0.717, 1.165) is 42.8 Å². The number of carbonyl (C=O) groups excluding carboxylic acids is 1. The normalized spacial score (nSPS) is 15.4. The smallest absolute Gasteiger partial charge is 0.335 e. The van der Waals surface area contributed by atoms with Gasteiger partial charge in [0.1, 0.15) is 11.4 Å². The molecular weight excluding hydrogens is 616 g/mol. The Kier molecular flexibility index (Phi) is 10.2. The molecule has 3 aromatic rings. The van der Waals surface area contributed by atoms with Crippen LogP contribution in [0.1, 0.15) is 60.7 Å². The molecule has 0 spiro atoms. The molecule has 246 valence electrons. The third-order valence-corrected chi connectivity index (χ3v) is 9.43. The van der Waals surface area contributed by atoms with Gasteiger partial charge in [0.25, 0.3) is 5.91 Å². The van der Waals surface area contributed by atoms with Crippen molar-refractivity contribution >= 4 is 39.5 Å². The lowest BCUT2D eigenvalue weighted by atomic mass is 9.78. The van der Waals surface area contributed by atoms with Crippen molar-refractivity contribution in [2.75, 3.05) is 30.4 Å². The van der Waals surface area contributed by atoms with E-state index < -0.39 is 45.4 Å². The van der Waals surface area contributed by atoms with Gasteiger partial charge in [-0.1, -0.05) is 20.8 Å². The van der Waals surface area contributed by atoms with Crippen molar-refractivity contribution in [3.8, 4) is 5.75 Å². The molecule has 0 saturated carbocycles. The van der Waals surface area contributed by atoms with Gasteiger partial charge in [0.2, 0.25) is 16.0 Å². The molecule has 2 aromatic carbocycles. The molecule has 1 saturated heterocycles. The zero-order valence-electron chi connectivity index (χ0n) is 26.0. The van der Waals surface area contributed by atoms with Gasteiger partial charge in [0.15, 0.2) is 0 Å². The SMILES string of the molecule is COc1cc(C(=O)NC(CC(=O)O)(NS(=O)(=O)c2ccc(C(=O)O)cc2)C(C)(C)C)ccc1N1CCC(Nc2ncccn2)CC1. The number of nitrogens with one attached hydrogen (secondary N) is 3. The highest BCUT2D eigenvalue weighted by Crippen LogP contribution is 2.35. The lowest BCUT2D eigenvalue weighted by Crippen LogP contribution is -2.68. The van der Waals surface area contributed by atoms with E-state index in [1.54, 1.807) is 51.4 Å². The molecular formula is C31H38N6O8S. The van der Waals surface area contributed by atoms with E-state index >= 15 is 0 Å². The first-order chi connectivity index (χ1) is 21.6. The minimum Gasteiger partial charge on any atom is -0.495 e. The summed E-state index contributed by atoms with van der Waals surface area (Å²) in [7, 11) is -2.96. The van der Waals surface area contributed by atoms with Gasteiger partial charge in [0.05, 0.1) is 29.7 Å². The Labute approximate surface area is 267 Å². The van der Waals surface area contributed by atoms with Crippen molar-refractivity contribution in [1.29, 1.82) is 0 Å². The number of carboxylic acid groups (broad SMARTS) is 2. The number of aliphatic carboxylic acids is 1. The van der Waals surface area contributed by atoms with Crippen LogP contribution in [0.4, 0.5) is 11.6 Å². The predicted octanol–water partition coefficient (Wildman–Crippen LogP) is 3.19. The van der Waals surface area contributed by atoms with Crippen molar-refractivity contribution in [2.24, 2.45) is 5.41 Å². The molecule has 5 N–H and O–H groups in total. The molecule has 14 nitrogen and oxygen atoms in total. The Hall–Kier alpha value is -4.76. The molecule has 1 unspecified atom stereocenters. The fourth-order valence-corrected chi connectivity index (χ4v) is 6.67. The average molecular weight is 655 g/mol. The van der Waals surface area contributed by atoms with Gasteiger partial charge in [-0.25, -0.2) is 23.2 Å². The number of amides is 1. The second-order valence-corrected chi connectivity index (χ2v) is 13.7. The summed E-state index contributed by atoms with van der Waals surface area (Å²) >= 11 is 0. The molecule has 2 heterocycles. The minimum atomic E-state index is -4.44. The number of benzene rings is 2. The fraction of sp³-hybridized carbons (Fsp3) is 0.387. The third kappa shape index (κ3) is 7.90. The van der Waals surface area contributed by atoms with Gasteiger partial charge in [-0.15, -0.1) is 0 Å². The highest BCUT2D eigenvalue weighted by molar-refractivity contribution is 7.89. The quantitative estimate of drug-likeness (QED) is 0.179. The van der Waals surface area contributed by atoms with Gasteiger partial charge in [-0.3, -0.25) is 9.59 Å². The summed E-state index contributed by atoms with van der Waals surface area (Å²) in [5, 5.41) is 25.0. The molecule has 0 aliphatic carbocycles. The van der Waals surface area contributed by atoms with Crippen molar-refractivity contribution < 1.29 is 37.8 Å². The van der Waals surface area contributed by atoms with Crippen LogP contribution in [-0.4, -0.2) is 78.3 Å². The lowest BCUT2D eigenvalue weighted by Gasteiger charge is -2.44. The Morgan fingerprint density at radius 1 is 0.978 bits per heavy atom. The number of carbonyl (C=O) groups is 3. The summed E-state index contributed by atoms with van der Waals surface area (Å²) in [4.78, 5) is 47.3. The Bertz CT molecular complexity index is 1670. The number of sulfonamides is 1. The fourth-order valence-electron chi connectivity index (χ4n) is 5.17. The maximum absolute atomic E-state index is 13.7. The number of anilines is 2. The molecule has 4 rings (SSSR count). The largest absolute Gasteiger partial charge is 0.495 e. The third-order valence-electron chi connectivity index (χ3n) is 7.92. The molecule has 1 amide bonds. The average Bonchev–Trinajstić information content (AvgIpc) is 3.00. The van der Waals surface area contributed by atoms with E-state index in [1.807, 2.05) is 0 Å². The van der Waals surface area contributed by atoms with Gasteiger partial charge in [0, 0.05) is 42.5 Å². The van der Waals surface area contributed by atoms with Crippen molar-refractivity contribution in [3.63, 3.8) is 0 Å². The number of aromatic nitrogens is 2. The van der Waals surface area contributed by atoms with Crippen LogP contribution in [0.5, 0.6) is 5.75 Å². The summed E-state index contributed by atoms with van der Waals surface area (Å²) in [5.74, 6) is -2.33. The van der Waals surface area contributed by atoms with Gasteiger partial charge >= 0.3 is 11.9 Å². The predicted molar refractivity (Wildman–Crippen MR) is 170 cm³/mol. The summed E-state index contributed by atoms with van der Waals surface area (Å²) in [6, 6.07) is 11.2. The summed E-state index contributed by atoms with van der Waals surface area (Å²) < 4.78 is 35.0. The van der Waals surface area contributed by atoms with E-state index in [-0.39, 0.29) is 22.1 Å². The van der Waals surface area contributed by atoms with Crippen LogP contribution in [0.3, 0.4) is 0 Å². The molecule has 1 fully saturated rings. The number of carboxylic acids is 2. The van der Waals surface area contributed by atoms with Crippen molar-refractivity contribution in [2.45, 2.75) is 56.6 Å². The molecule has 1 aliphatic heterocycles. The molecule has 0 bridgehead atoms. The van der Waals surface area contributed by atoms with Gasteiger partial charge in [-0.2, -0.15) is 4.72 Å².